The summed E-state index contributed by atoms with van der Waals surface area (Å²) in [5, 5.41) is 13.2. The lowest BCUT2D eigenvalue weighted by atomic mass is 10.1. The summed E-state index contributed by atoms with van der Waals surface area (Å²) < 4.78 is 13.6. The molecule has 0 aliphatic heterocycles. The molecule has 0 saturated carbocycles. The van der Waals surface area contributed by atoms with E-state index in [-0.39, 0.29) is 11.3 Å². The van der Waals surface area contributed by atoms with Gasteiger partial charge in [-0.1, -0.05) is 0 Å². The van der Waals surface area contributed by atoms with E-state index in [2.05, 4.69) is 5.32 Å². The van der Waals surface area contributed by atoms with Crippen LogP contribution in [0.1, 0.15) is 10.4 Å². The third-order valence-corrected chi connectivity index (χ3v) is 3.50. The van der Waals surface area contributed by atoms with Crippen molar-refractivity contribution in [3.05, 3.63) is 64.0 Å². The van der Waals surface area contributed by atoms with Gasteiger partial charge >= 0.3 is 0 Å². The summed E-state index contributed by atoms with van der Waals surface area (Å²) in [5.74, 6) is -1.54. The Labute approximate surface area is 124 Å². The number of nitro benzene ring substituents is 1. The van der Waals surface area contributed by atoms with Gasteiger partial charge < -0.3 is 5.32 Å². The van der Waals surface area contributed by atoms with Gasteiger partial charge in [0.05, 0.1) is 10.5 Å². The zero-order valence-corrected chi connectivity index (χ0v) is 11.8. The molecule has 2 aromatic rings. The first-order chi connectivity index (χ1) is 10.0. The Hall–Kier alpha value is -2.41. The van der Waals surface area contributed by atoms with Crippen LogP contribution in [0.2, 0.25) is 0 Å². The van der Waals surface area contributed by atoms with Crippen molar-refractivity contribution in [3.8, 4) is 0 Å². The second kappa shape index (κ2) is 6.36. The Kier molecular flexibility index (Phi) is 4.54. The fourth-order valence-electron chi connectivity index (χ4n) is 1.67. The monoisotopic (exact) mass is 306 g/mol. The Morgan fingerprint density at radius 2 is 1.90 bits per heavy atom. The highest BCUT2D eigenvalue weighted by atomic mass is 32.2. The van der Waals surface area contributed by atoms with Gasteiger partial charge in [0, 0.05) is 22.7 Å². The third kappa shape index (κ3) is 3.57. The van der Waals surface area contributed by atoms with E-state index in [9.17, 15) is 19.3 Å². The number of hydrogen-bond acceptors (Lipinski definition) is 4. The van der Waals surface area contributed by atoms with Crippen molar-refractivity contribution in [2.24, 2.45) is 0 Å². The molecule has 1 N–H and O–H groups in total. The number of nitrogens with one attached hydrogen (secondary N) is 1. The Morgan fingerprint density at radius 3 is 2.48 bits per heavy atom. The standard InChI is InChI=1S/C14H11FN2O3S/c1-21-11-5-2-9(3-6-11)16-14(18)12-8-10(17(19)20)4-7-13(12)15/h2-8H,1H3,(H,16,18). The van der Waals surface area contributed by atoms with E-state index >= 15 is 0 Å². The van der Waals surface area contributed by atoms with Crippen LogP contribution in [0, 0.1) is 15.9 Å². The van der Waals surface area contributed by atoms with E-state index in [1.54, 1.807) is 23.9 Å². The Morgan fingerprint density at radius 1 is 1.24 bits per heavy atom. The van der Waals surface area contributed by atoms with Crippen molar-refractivity contribution in [1.82, 2.24) is 0 Å². The van der Waals surface area contributed by atoms with E-state index < -0.39 is 16.6 Å². The van der Waals surface area contributed by atoms with Gasteiger partial charge in [-0.15, -0.1) is 11.8 Å². The summed E-state index contributed by atoms with van der Waals surface area (Å²) in [6.07, 6.45) is 1.92. The number of rotatable bonds is 4. The predicted octanol–water partition coefficient (Wildman–Crippen LogP) is 3.71. The molecular weight excluding hydrogens is 295 g/mol. The van der Waals surface area contributed by atoms with Gasteiger partial charge in [-0.25, -0.2) is 4.39 Å². The summed E-state index contributed by atoms with van der Waals surface area (Å²) in [4.78, 5) is 23.0. The highest BCUT2D eigenvalue weighted by molar-refractivity contribution is 7.98. The van der Waals surface area contributed by atoms with Gasteiger partial charge in [0.1, 0.15) is 5.82 Å². The van der Waals surface area contributed by atoms with Crippen LogP contribution in [-0.2, 0) is 0 Å². The van der Waals surface area contributed by atoms with Crippen molar-refractivity contribution >= 4 is 29.0 Å². The lowest BCUT2D eigenvalue weighted by molar-refractivity contribution is -0.384. The Balaban J connectivity index is 2.23. The van der Waals surface area contributed by atoms with Crippen LogP contribution in [0.15, 0.2) is 47.4 Å². The minimum Gasteiger partial charge on any atom is -0.322 e. The number of non-ortho nitro benzene ring substituents is 1. The SMILES string of the molecule is CSc1ccc(NC(=O)c2cc([N+](=O)[O-])ccc2F)cc1. The summed E-state index contributed by atoms with van der Waals surface area (Å²) >= 11 is 1.55. The number of thioether (sulfide) groups is 1. The van der Waals surface area contributed by atoms with Crippen molar-refractivity contribution in [2.75, 3.05) is 11.6 Å². The minimum absolute atomic E-state index is 0.334. The molecule has 0 bridgehead atoms. The maximum Gasteiger partial charge on any atom is 0.270 e. The van der Waals surface area contributed by atoms with Crippen LogP contribution < -0.4 is 5.32 Å². The maximum absolute atomic E-state index is 13.6. The molecule has 0 aliphatic rings. The molecule has 0 saturated heterocycles. The van der Waals surface area contributed by atoms with E-state index in [1.165, 1.54) is 0 Å². The molecule has 0 spiro atoms. The number of halogens is 1. The van der Waals surface area contributed by atoms with Crippen LogP contribution in [0.3, 0.4) is 0 Å². The van der Waals surface area contributed by atoms with Gasteiger partial charge in [-0.3, -0.25) is 14.9 Å². The van der Waals surface area contributed by atoms with Crippen LogP contribution in [0.5, 0.6) is 0 Å². The molecule has 0 unspecified atom stereocenters. The zero-order chi connectivity index (χ0) is 15.4. The second-order valence-electron chi connectivity index (χ2n) is 4.10. The average molecular weight is 306 g/mol. The van der Waals surface area contributed by atoms with E-state index in [0.29, 0.717) is 5.69 Å². The smallest absolute Gasteiger partial charge is 0.270 e. The summed E-state index contributed by atoms with van der Waals surface area (Å²) in [5.41, 5.74) is -0.207. The quantitative estimate of drug-likeness (QED) is 0.531. The molecule has 2 aromatic carbocycles. The summed E-state index contributed by atoms with van der Waals surface area (Å²) in [6.45, 7) is 0. The number of nitro groups is 1. The van der Waals surface area contributed by atoms with Crippen LogP contribution in [0.4, 0.5) is 15.8 Å². The molecule has 108 valence electrons. The lowest BCUT2D eigenvalue weighted by Crippen LogP contribution is -2.14. The van der Waals surface area contributed by atoms with E-state index in [0.717, 1.165) is 23.1 Å². The first-order valence-electron chi connectivity index (χ1n) is 5.90. The van der Waals surface area contributed by atoms with Crippen molar-refractivity contribution in [3.63, 3.8) is 0 Å². The third-order valence-electron chi connectivity index (χ3n) is 2.75. The molecule has 21 heavy (non-hydrogen) atoms. The fraction of sp³-hybridized carbons (Fsp3) is 0.0714. The molecule has 2 rings (SSSR count). The highest BCUT2D eigenvalue weighted by Crippen LogP contribution is 2.20. The molecule has 0 aromatic heterocycles. The lowest BCUT2D eigenvalue weighted by Gasteiger charge is -2.06. The first kappa shape index (κ1) is 15.0. The predicted molar refractivity (Wildman–Crippen MR) is 79.2 cm³/mol. The van der Waals surface area contributed by atoms with Gasteiger partial charge in [0.2, 0.25) is 0 Å². The van der Waals surface area contributed by atoms with Gasteiger partial charge in [0.25, 0.3) is 11.6 Å². The van der Waals surface area contributed by atoms with Gasteiger partial charge in [-0.05, 0) is 36.6 Å². The molecule has 0 radical (unpaired) electrons. The van der Waals surface area contributed by atoms with E-state index in [4.69, 9.17) is 0 Å². The molecule has 0 fully saturated rings. The summed E-state index contributed by atoms with van der Waals surface area (Å²) in [7, 11) is 0. The van der Waals surface area contributed by atoms with Crippen molar-refractivity contribution in [2.45, 2.75) is 4.90 Å². The van der Waals surface area contributed by atoms with Crippen molar-refractivity contribution < 1.29 is 14.1 Å². The summed E-state index contributed by atoms with van der Waals surface area (Å²) in [6, 6.07) is 9.82. The Bertz CT molecular complexity index is 689. The largest absolute Gasteiger partial charge is 0.322 e. The molecular formula is C14H11FN2O3S. The van der Waals surface area contributed by atoms with Gasteiger partial charge in [0.15, 0.2) is 0 Å². The normalized spacial score (nSPS) is 10.2. The van der Waals surface area contributed by atoms with E-state index in [1.807, 2.05) is 18.4 Å². The number of anilines is 1. The number of hydrogen-bond donors (Lipinski definition) is 1. The van der Waals surface area contributed by atoms with Crippen molar-refractivity contribution in [1.29, 1.82) is 0 Å². The zero-order valence-electron chi connectivity index (χ0n) is 11.0. The van der Waals surface area contributed by atoms with Crippen LogP contribution in [-0.4, -0.2) is 17.1 Å². The number of nitrogens with zero attached hydrogens (tertiary/aromatic N) is 1. The number of benzene rings is 2. The molecule has 7 heteroatoms. The average Bonchev–Trinajstić information content (AvgIpc) is 2.48. The van der Waals surface area contributed by atoms with Crippen LogP contribution >= 0.6 is 11.8 Å². The fourth-order valence-corrected chi connectivity index (χ4v) is 2.08. The molecule has 0 heterocycles. The first-order valence-corrected chi connectivity index (χ1v) is 7.13. The van der Waals surface area contributed by atoms with Gasteiger partial charge in [-0.2, -0.15) is 0 Å². The molecule has 1 amide bonds. The number of carbonyl (C=O) groups excluding carboxylic acids is 1. The molecule has 0 atom stereocenters. The number of amides is 1. The topological polar surface area (TPSA) is 72.2 Å². The second-order valence-corrected chi connectivity index (χ2v) is 4.98. The maximum atomic E-state index is 13.6. The molecule has 5 nitrogen and oxygen atoms in total. The van der Waals surface area contributed by atoms with Crippen LogP contribution in [0.25, 0.3) is 0 Å². The number of carbonyl (C=O) groups is 1. The minimum atomic E-state index is -0.807. The highest BCUT2D eigenvalue weighted by Gasteiger charge is 2.17. The molecule has 0 aliphatic carbocycles.